The minimum atomic E-state index is -3.35. The highest BCUT2D eigenvalue weighted by Crippen LogP contribution is 2.30. The highest BCUT2D eigenvalue weighted by molar-refractivity contribution is 7.91. The maximum atomic E-state index is 12.6. The first kappa shape index (κ1) is 15.9. The first-order chi connectivity index (χ1) is 9.45. The van der Waals surface area contributed by atoms with Gasteiger partial charge in [-0.25, -0.2) is 8.42 Å². The maximum absolute atomic E-state index is 12.6. The van der Waals surface area contributed by atoms with E-state index in [0.29, 0.717) is 23.2 Å². The van der Waals surface area contributed by atoms with Crippen LogP contribution in [-0.2, 0) is 16.6 Å². The van der Waals surface area contributed by atoms with Gasteiger partial charge in [-0.3, -0.25) is 0 Å². The third-order valence-electron chi connectivity index (χ3n) is 4.09. The number of hydrogen-bond acceptors (Lipinski definition) is 4. The monoisotopic (exact) mass is 316 g/mol. The molecule has 0 amide bonds. The van der Waals surface area contributed by atoms with Crippen molar-refractivity contribution in [1.82, 2.24) is 4.31 Å². The lowest BCUT2D eigenvalue weighted by molar-refractivity contribution is 0.300. The van der Waals surface area contributed by atoms with Gasteiger partial charge in [-0.05, 0) is 37.3 Å². The zero-order valence-electron chi connectivity index (χ0n) is 12.3. The number of hydrogen-bond donors (Lipinski definition) is 1. The van der Waals surface area contributed by atoms with Crippen molar-refractivity contribution in [3.63, 3.8) is 0 Å². The summed E-state index contributed by atoms with van der Waals surface area (Å²) in [6.07, 6.45) is 6.05. The van der Waals surface area contributed by atoms with E-state index in [0.717, 1.165) is 23.3 Å². The standard InChI is InChI=1S/C14H24N2O2S2/c1-11-8-14(19-13(11)9-15)20(17,18)16(2)10-12-6-4-3-5-7-12/h8,12H,3-7,9-10,15H2,1-2H3. The van der Waals surface area contributed by atoms with Crippen molar-refractivity contribution in [2.24, 2.45) is 11.7 Å². The topological polar surface area (TPSA) is 63.4 Å². The van der Waals surface area contributed by atoms with Gasteiger partial charge >= 0.3 is 0 Å². The summed E-state index contributed by atoms with van der Waals surface area (Å²) in [6.45, 7) is 2.95. The van der Waals surface area contributed by atoms with Crippen LogP contribution in [0.1, 0.15) is 42.5 Å². The third kappa shape index (κ3) is 3.42. The molecule has 6 heteroatoms. The molecule has 0 bridgehead atoms. The number of thiophene rings is 1. The second kappa shape index (κ2) is 6.56. The zero-order chi connectivity index (χ0) is 14.8. The molecule has 1 aliphatic rings. The maximum Gasteiger partial charge on any atom is 0.252 e. The van der Waals surface area contributed by atoms with Crippen molar-refractivity contribution >= 4 is 21.4 Å². The van der Waals surface area contributed by atoms with Crippen LogP contribution < -0.4 is 5.73 Å². The SMILES string of the molecule is Cc1cc(S(=O)(=O)N(C)CC2CCCCC2)sc1CN. The average Bonchev–Trinajstić information content (AvgIpc) is 2.81. The minimum absolute atomic E-state index is 0.401. The molecule has 0 aromatic carbocycles. The normalized spacial score (nSPS) is 17.8. The van der Waals surface area contributed by atoms with Gasteiger partial charge in [0.25, 0.3) is 10.0 Å². The third-order valence-corrected chi connectivity index (χ3v) is 7.62. The average molecular weight is 316 g/mol. The lowest BCUT2D eigenvalue weighted by Gasteiger charge is -2.26. The van der Waals surface area contributed by atoms with E-state index in [2.05, 4.69) is 0 Å². The molecule has 0 spiro atoms. The molecule has 2 rings (SSSR count). The Morgan fingerprint density at radius 3 is 2.55 bits per heavy atom. The van der Waals surface area contributed by atoms with Gasteiger partial charge in [0.05, 0.1) is 0 Å². The van der Waals surface area contributed by atoms with Gasteiger partial charge in [-0.15, -0.1) is 11.3 Å². The zero-order valence-corrected chi connectivity index (χ0v) is 13.9. The largest absolute Gasteiger partial charge is 0.326 e. The molecular weight excluding hydrogens is 292 g/mol. The molecule has 0 radical (unpaired) electrons. The van der Waals surface area contributed by atoms with Crippen LogP contribution in [0.25, 0.3) is 0 Å². The van der Waals surface area contributed by atoms with Crippen LogP contribution >= 0.6 is 11.3 Å². The van der Waals surface area contributed by atoms with Crippen molar-refractivity contribution in [3.05, 3.63) is 16.5 Å². The second-order valence-corrected chi connectivity index (χ2v) is 9.07. The Balaban J connectivity index is 2.11. The van der Waals surface area contributed by atoms with Gasteiger partial charge in [0.1, 0.15) is 4.21 Å². The van der Waals surface area contributed by atoms with E-state index >= 15 is 0 Å². The van der Waals surface area contributed by atoms with Crippen molar-refractivity contribution in [1.29, 1.82) is 0 Å². The number of sulfonamides is 1. The van der Waals surface area contributed by atoms with E-state index in [4.69, 9.17) is 5.73 Å². The van der Waals surface area contributed by atoms with E-state index in [1.54, 1.807) is 13.1 Å². The molecule has 0 saturated heterocycles. The highest BCUT2D eigenvalue weighted by Gasteiger charge is 2.26. The number of rotatable bonds is 5. The number of nitrogens with zero attached hydrogens (tertiary/aromatic N) is 1. The molecule has 20 heavy (non-hydrogen) atoms. The van der Waals surface area contributed by atoms with Gasteiger partial charge < -0.3 is 5.73 Å². The fourth-order valence-corrected chi connectivity index (χ4v) is 5.73. The molecule has 1 fully saturated rings. The summed E-state index contributed by atoms with van der Waals surface area (Å²) in [6, 6.07) is 1.75. The molecule has 114 valence electrons. The van der Waals surface area contributed by atoms with Crippen LogP contribution in [0.5, 0.6) is 0 Å². The highest BCUT2D eigenvalue weighted by atomic mass is 32.2. The summed E-state index contributed by atoms with van der Waals surface area (Å²) in [7, 11) is -1.66. The van der Waals surface area contributed by atoms with E-state index in [-0.39, 0.29) is 0 Å². The van der Waals surface area contributed by atoms with Crippen LogP contribution in [0.4, 0.5) is 0 Å². The first-order valence-electron chi connectivity index (χ1n) is 7.21. The Kier molecular flexibility index (Phi) is 5.23. The lowest BCUT2D eigenvalue weighted by Crippen LogP contribution is -2.32. The minimum Gasteiger partial charge on any atom is -0.326 e. The Labute approximate surface area is 126 Å². The van der Waals surface area contributed by atoms with E-state index in [9.17, 15) is 8.42 Å². The smallest absolute Gasteiger partial charge is 0.252 e. The van der Waals surface area contributed by atoms with Crippen LogP contribution in [-0.4, -0.2) is 26.3 Å². The summed E-state index contributed by atoms with van der Waals surface area (Å²) in [5.74, 6) is 0.513. The van der Waals surface area contributed by atoms with Crippen molar-refractivity contribution in [3.8, 4) is 0 Å². The van der Waals surface area contributed by atoms with Gasteiger partial charge in [0, 0.05) is 25.0 Å². The summed E-state index contributed by atoms with van der Waals surface area (Å²) >= 11 is 1.30. The van der Waals surface area contributed by atoms with E-state index in [1.807, 2.05) is 6.92 Å². The van der Waals surface area contributed by atoms with Crippen LogP contribution in [0.3, 0.4) is 0 Å². The Morgan fingerprint density at radius 2 is 2.00 bits per heavy atom. The van der Waals surface area contributed by atoms with Crippen molar-refractivity contribution < 1.29 is 8.42 Å². The van der Waals surface area contributed by atoms with E-state index in [1.165, 1.54) is 34.9 Å². The molecule has 1 aromatic heterocycles. The number of nitrogens with two attached hydrogens (primary N) is 1. The predicted octanol–water partition coefficient (Wildman–Crippen LogP) is 2.72. The summed E-state index contributed by atoms with van der Waals surface area (Å²) in [5.41, 5.74) is 6.61. The summed E-state index contributed by atoms with van der Waals surface area (Å²) < 4.78 is 27.1. The Morgan fingerprint density at radius 1 is 1.35 bits per heavy atom. The van der Waals surface area contributed by atoms with Gasteiger partial charge in [-0.2, -0.15) is 4.31 Å². The van der Waals surface area contributed by atoms with Crippen molar-refractivity contribution in [2.45, 2.75) is 49.8 Å². The molecule has 2 N–H and O–H groups in total. The predicted molar refractivity (Wildman–Crippen MR) is 83.3 cm³/mol. The second-order valence-electron chi connectivity index (χ2n) is 5.67. The fraction of sp³-hybridized carbons (Fsp3) is 0.714. The quantitative estimate of drug-likeness (QED) is 0.908. The molecule has 1 aromatic rings. The summed E-state index contributed by atoms with van der Waals surface area (Å²) in [4.78, 5) is 0.953. The summed E-state index contributed by atoms with van der Waals surface area (Å²) in [5, 5.41) is 0. The number of aryl methyl sites for hydroxylation is 1. The lowest BCUT2D eigenvalue weighted by atomic mass is 9.89. The fourth-order valence-electron chi connectivity index (χ4n) is 2.80. The van der Waals surface area contributed by atoms with Gasteiger partial charge in [-0.1, -0.05) is 19.3 Å². The molecule has 1 saturated carbocycles. The Bertz CT molecular complexity index is 546. The van der Waals surface area contributed by atoms with Crippen LogP contribution in [0.15, 0.2) is 10.3 Å². The van der Waals surface area contributed by atoms with Gasteiger partial charge in [0.15, 0.2) is 0 Å². The van der Waals surface area contributed by atoms with Crippen LogP contribution in [0, 0.1) is 12.8 Å². The van der Waals surface area contributed by atoms with Crippen molar-refractivity contribution in [2.75, 3.05) is 13.6 Å². The first-order valence-corrected chi connectivity index (χ1v) is 9.46. The van der Waals surface area contributed by atoms with Gasteiger partial charge in [0.2, 0.25) is 0 Å². The van der Waals surface area contributed by atoms with E-state index < -0.39 is 10.0 Å². The molecule has 0 atom stereocenters. The Hall–Kier alpha value is -0.430. The van der Waals surface area contributed by atoms with Crippen LogP contribution in [0.2, 0.25) is 0 Å². The molecule has 1 aliphatic carbocycles. The molecule has 4 nitrogen and oxygen atoms in total. The molecule has 0 aliphatic heterocycles. The molecule has 0 unspecified atom stereocenters. The molecule has 1 heterocycles. The molecular formula is C14H24N2O2S2.